The molecule has 0 aliphatic heterocycles. The molecule has 1 heterocycles. The van der Waals surface area contributed by atoms with Crippen LogP contribution in [0.1, 0.15) is 42.0 Å². The zero-order valence-corrected chi connectivity index (χ0v) is 13.2. The third-order valence-corrected chi connectivity index (χ3v) is 4.82. The molecule has 0 atom stereocenters. The van der Waals surface area contributed by atoms with Crippen LogP contribution in [0.5, 0.6) is 0 Å². The Morgan fingerprint density at radius 3 is 2.86 bits per heavy atom. The van der Waals surface area contributed by atoms with Crippen LogP contribution in [-0.4, -0.2) is 22.8 Å². The second-order valence-corrected chi connectivity index (χ2v) is 6.37. The highest BCUT2D eigenvalue weighted by Crippen LogP contribution is 2.39. The Morgan fingerprint density at radius 2 is 2.14 bits per heavy atom. The number of hydrogen-bond donors (Lipinski definition) is 2. The fourth-order valence-corrected chi connectivity index (χ4v) is 3.35. The third-order valence-electron chi connectivity index (χ3n) is 4.47. The Hall–Kier alpha value is -1.32. The number of H-pyrrole nitrogens is 1. The molecule has 3 nitrogen and oxygen atoms in total. The molecule has 1 saturated carbocycles. The van der Waals surface area contributed by atoms with Crippen molar-refractivity contribution in [3.63, 3.8) is 0 Å². The average molecular weight is 304 g/mol. The van der Waals surface area contributed by atoms with E-state index in [0.717, 1.165) is 24.4 Å². The van der Waals surface area contributed by atoms with Crippen molar-refractivity contribution in [3.05, 3.63) is 52.3 Å². The standard InChI is InChI=1S/C17H22ClN3/c1-12-13(11-20-21-12)5-4-8-19-15-9-14(10-15)16-6-2-3-7-17(16)18/h2-3,6-7,11,14-15,19H,4-5,8-10H2,1H3,(H,20,21). The topological polar surface area (TPSA) is 40.7 Å². The van der Waals surface area contributed by atoms with Gasteiger partial charge in [-0.1, -0.05) is 29.8 Å². The van der Waals surface area contributed by atoms with E-state index in [1.54, 1.807) is 0 Å². The van der Waals surface area contributed by atoms with Gasteiger partial charge in [0.25, 0.3) is 0 Å². The van der Waals surface area contributed by atoms with Gasteiger partial charge in [0.2, 0.25) is 0 Å². The van der Waals surface area contributed by atoms with Crippen molar-refractivity contribution >= 4 is 11.6 Å². The van der Waals surface area contributed by atoms with E-state index in [1.807, 2.05) is 18.3 Å². The first-order valence-electron chi connectivity index (χ1n) is 7.70. The Labute approximate surface area is 131 Å². The van der Waals surface area contributed by atoms with Crippen molar-refractivity contribution < 1.29 is 0 Å². The third kappa shape index (κ3) is 3.47. The molecule has 1 aromatic heterocycles. The molecule has 0 amide bonds. The van der Waals surface area contributed by atoms with E-state index in [0.29, 0.717) is 12.0 Å². The summed E-state index contributed by atoms with van der Waals surface area (Å²) in [6.07, 6.45) is 6.60. The summed E-state index contributed by atoms with van der Waals surface area (Å²) in [5, 5.41) is 11.6. The lowest BCUT2D eigenvalue weighted by molar-refractivity contribution is 0.291. The van der Waals surface area contributed by atoms with Gasteiger partial charge in [0, 0.05) is 16.8 Å². The maximum absolute atomic E-state index is 6.25. The molecule has 0 bridgehead atoms. The number of benzene rings is 1. The minimum atomic E-state index is 0.632. The van der Waals surface area contributed by atoms with Crippen molar-refractivity contribution in [1.29, 1.82) is 0 Å². The van der Waals surface area contributed by atoms with Crippen LogP contribution in [-0.2, 0) is 6.42 Å². The van der Waals surface area contributed by atoms with Gasteiger partial charge in [-0.05, 0) is 62.3 Å². The molecule has 3 rings (SSSR count). The molecule has 0 spiro atoms. The van der Waals surface area contributed by atoms with Crippen LogP contribution >= 0.6 is 11.6 Å². The minimum absolute atomic E-state index is 0.632. The summed E-state index contributed by atoms with van der Waals surface area (Å²) in [7, 11) is 0. The Morgan fingerprint density at radius 1 is 1.33 bits per heavy atom. The second kappa shape index (κ2) is 6.63. The zero-order chi connectivity index (χ0) is 14.7. The summed E-state index contributed by atoms with van der Waals surface area (Å²) >= 11 is 6.25. The van der Waals surface area contributed by atoms with Gasteiger partial charge < -0.3 is 5.32 Å². The predicted molar refractivity (Wildman–Crippen MR) is 86.9 cm³/mol. The minimum Gasteiger partial charge on any atom is -0.314 e. The first kappa shape index (κ1) is 14.6. The summed E-state index contributed by atoms with van der Waals surface area (Å²) < 4.78 is 0. The van der Waals surface area contributed by atoms with E-state index in [9.17, 15) is 0 Å². The molecule has 21 heavy (non-hydrogen) atoms. The van der Waals surface area contributed by atoms with Gasteiger partial charge in [-0.2, -0.15) is 5.10 Å². The van der Waals surface area contributed by atoms with E-state index < -0.39 is 0 Å². The molecule has 2 N–H and O–H groups in total. The van der Waals surface area contributed by atoms with Crippen LogP contribution in [0, 0.1) is 6.92 Å². The van der Waals surface area contributed by atoms with Gasteiger partial charge in [-0.25, -0.2) is 0 Å². The number of halogens is 1. The van der Waals surface area contributed by atoms with Gasteiger partial charge in [0.1, 0.15) is 0 Å². The van der Waals surface area contributed by atoms with E-state index in [1.165, 1.54) is 29.7 Å². The molecule has 112 valence electrons. The van der Waals surface area contributed by atoms with Gasteiger partial charge in [-0.3, -0.25) is 5.10 Å². The average Bonchev–Trinajstić information content (AvgIpc) is 2.83. The Kier molecular flexibility index (Phi) is 4.61. The Bertz CT molecular complexity index is 587. The van der Waals surface area contributed by atoms with Crippen LogP contribution in [0.15, 0.2) is 30.5 Å². The van der Waals surface area contributed by atoms with Gasteiger partial charge in [0.05, 0.1) is 6.20 Å². The lowest BCUT2D eigenvalue weighted by atomic mass is 9.76. The smallest absolute Gasteiger partial charge is 0.0522 e. The molecule has 1 fully saturated rings. The summed E-state index contributed by atoms with van der Waals surface area (Å²) in [5.41, 5.74) is 3.84. The van der Waals surface area contributed by atoms with Crippen LogP contribution in [0.2, 0.25) is 5.02 Å². The molecule has 0 unspecified atom stereocenters. The summed E-state index contributed by atoms with van der Waals surface area (Å²) in [6.45, 7) is 3.15. The van der Waals surface area contributed by atoms with Crippen LogP contribution in [0.3, 0.4) is 0 Å². The largest absolute Gasteiger partial charge is 0.314 e. The number of rotatable bonds is 6. The lowest BCUT2D eigenvalue weighted by Gasteiger charge is -2.37. The van der Waals surface area contributed by atoms with Crippen molar-refractivity contribution in [3.8, 4) is 0 Å². The first-order valence-corrected chi connectivity index (χ1v) is 8.08. The maximum atomic E-state index is 6.25. The molecule has 4 heteroatoms. The Balaban J connectivity index is 1.36. The van der Waals surface area contributed by atoms with Crippen molar-refractivity contribution in [2.75, 3.05) is 6.54 Å². The fourth-order valence-electron chi connectivity index (χ4n) is 3.06. The quantitative estimate of drug-likeness (QED) is 0.796. The molecule has 1 aromatic carbocycles. The first-order chi connectivity index (χ1) is 10.2. The molecule has 0 radical (unpaired) electrons. The SMILES string of the molecule is Cc1[nH]ncc1CCCNC1CC(c2ccccc2Cl)C1. The zero-order valence-electron chi connectivity index (χ0n) is 12.4. The fraction of sp³-hybridized carbons (Fsp3) is 0.471. The molecule has 0 saturated heterocycles. The molecule has 1 aliphatic rings. The number of aromatic amines is 1. The van der Waals surface area contributed by atoms with Gasteiger partial charge in [0.15, 0.2) is 0 Å². The van der Waals surface area contributed by atoms with Crippen molar-refractivity contribution in [1.82, 2.24) is 15.5 Å². The summed E-state index contributed by atoms with van der Waals surface area (Å²) in [5.74, 6) is 0.632. The number of nitrogens with one attached hydrogen (secondary N) is 2. The molecule has 2 aromatic rings. The monoisotopic (exact) mass is 303 g/mol. The van der Waals surface area contributed by atoms with E-state index in [-0.39, 0.29) is 0 Å². The summed E-state index contributed by atoms with van der Waals surface area (Å²) in [4.78, 5) is 0. The summed E-state index contributed by atoms with van der Waals surface area (Å²) in [6, 6.07) is 8.88. The maximum Gasteiger partial charge on any atom is 0.0522 e. The lowest BCUT2D eigenvalue weighted by Crippen LogP contribution is -2.40. The van der Waals surface area contributed by atoms with Crippen molar-refractivity contribution in [2.45, 2.75) is 44.6 Å². The second-order valence-electron chi connectivity index (χ2n) is 5.96. The van der Waals surface area contributed by atoms with Gasteiger partial charge >= 0.3 is 0 Å². The molecular formula is C17H22ClN3. The van der Waals surface area contributed by atoms with Crippen LogP contribution in [0.25, 0.3) is 0 Å². The highest BCUT2D eigenvalue weighted by atomic mass is 35.5. The van der Waals surface area contributed by atoms with E-state index in [2.05, 4.69) is 34.6 Å². The van der Waals surface area contributed by atoms with Crippen LogP contribution in [0.4, 0.5) is 0 Å². The van der Waals surface area contributed by atoms with E-state index in [4.69, 9.17) is 11.6 Å². The molecule has 1 aliphatic carbocycles. The van der Waals surface area contributed by atoms with E-state index >= 15 is 0 Å². The number of aromatic nitrogens is 2. The van der Waals surface area contributed by atoms with Crippen molar-refractivity contribution in [2.24, 2.45) is 0 Å². The highest BCUT2D eigenvalue weighted by molar-refractivity contribution is 6.31. The van der Waals surface area contributed by atoms with Gasteiger partial charge in [-0.15, -0.1) is 0 Å². The normalized spacial score (nSPS) is 21.2. The van der Waals surface area contributed by atoms with Crippen LogP contribution < -0.4 is 5.32 Å². The molecular weight excluding hydrogens is 282 g/mol. The number of aryl methyl sites for hydroxylation is 2. The number of nitrogens with zero attached hydrogens (tertiary/aromatic N) is 1. The number of hydrogen-bond acceptors (Lipinski definition) is 2. The highest BCUT2D eigenvalue weighted by Gasteiger charge is 2.30. The predicted octanol–water partition coefficient (Wildman–Crippen LogP) is 3.84.